The van der Waals surface area contributed by atoms with Crippen LogP contribution in [0.4, 0.5) is 0 Å². The van der Waals surface area contributed by atoms with Gasteiger partial charge in [0.25, 0.3) is 5.91 Å². The molecule has 0 radical (unpaired) electrons. The van der Waals surface area contributed by atoms with E-state index < -0.39 is 6.10 Å². The van der Waals surface area contributed by atoms with Crippen molar-refractivity contribution >= 4 is 5.91 Å². The largest absolute Gasteiger partial charge is 0.481 e. The fourth-order valence-corrected chi connectivity index (χ4v) is 3.17. The first kappa shape index (κ1) is 20.0. The van der Waals surface area contributed by atoms with Crippen molar-refractivity contribution in [3.05, 3.63) is 64.7 Å². The molecular weight excluding hydrogens is 322 g/mol. The molecule has 0 bridgehead atoms. The molecule has 0 aliphatic heterocycles. The number of carbonyl (C=O) groups is 1. The molecule has 0 aliphatic carbocycles. The number of rotatable bonds is 8. The Kier molecular flexibility index (Phi) is 7.26. The Labute approximate surface area is 157 Å². The van der Waals surface area contributed by atoms with Crippen LogP contribution in [0.3, 0.4) is 0 Å². The third kappa shape index (κ3) is 5.10. The van der Waals surface area contributed by atoms with Crippen molar-refractivity contribution in [2.24, 2.45) is 0 Å². The van der Waals surface area contributed by atoms with Gasteiger partial charge in [0, 0.05) is 0 Å². The molecule has 0 saturated carbocycles. The van der Waals surface area contributed by atoms with Crippen molar-refractivity contribution in [1.82, 2.24) is 5.32 Å². The van der Waals surface area contributed by atoms with Crippen LogP contribution in [-0.2, 0) is 11.2 Å². The van der Waals surface area contributed by atoms with Crippen molar-refractivity contribution in [2.45, 2.75) is 66.0 Å². The zero-order valence-electron chi connectivity index (χ0n) is 16.6. The third-order valence-corrected chi connectivity index (χ3v) is 4.80. The van der Waals surface area contributed by atoms with Gasteiger partial charge in [-0.05, 0) is 61.9 Å². The van der Waals surface area contributed by atoms with Crippen molar-refractivity contribution in [3.63, 3.8) is 0 Å². The van der Waals surface area contributed by atoms with Crippen LogP contribution in [0.25, 0.3) is 0 Å². The Hall–Kier alpha value is -2.29. The van der Waals surface area contributed by atoms with E-state index in [1.807, 2.05) is 31.2 Å². The Balaban J connectivity index is 2.08. The van der Waals surface area contributed by atoms with Gasteiger partial charge in [-0.15, -0.1) is 0 Å². The molecule has 2 atom stereocenters. The lowest BCUT2D eigenvalue weighted by molar-refractivity contribution is -0.128. The summed E-state index contributed by atoms with van der Waals surface area (Å²) in [6, 6.07) is 14.3. The quantitative estimate of drug-likeness (QED) is 0.700. The molecule has 0 heterocycles. The van der Waals surface area contributed by atoms with Gasteiger partial charge in [-0.25, -0.2) is 0 Å². The van der Waals surface area contributed by atoms with Crippen LogP contribution in [0.15, 0.2) is 42.5 Å². The summed E-state index contributed by atoms with van der Waals surface area (Å²) < 4.78 is 5.94. The molecule has 0 spiro atoms. The van der Waals surface area contributed by atoms with Gasteiger partial charge in [-0.2, -0.15) is 0 Å². The van der Waals surface area contributed by atoms with Gasteiger partial charge in [-0.3, -0.25) is 4.79 Å². The van der Waals surface area contributed by atoms with Crippen LogP contribution in [0.5, 0.6) is 5.75 Å². The molecule has 0 aliphatic rings. The summed E-state index contributed by atoms with van der Waals surface area (Å²) in [5, 5.41) is 3.17. The third-order valence-electron chi connectivity index (χ3n) is 4.80. The second-order valence-corrected chi connectivity index (χ2v) is 6.84. The highest BCUT2D eigenvalue weighted by atomic mass is 16.5. The second kappa shape index (κ2) is 9.42. The molecule has 0 aromatic heterocycles. The Morgan fingerprint density at radius 3 is 2.23 bits per heavy atom. The highest BCUT2D eigenvalue weighted by Crippen LogP contribution is 2.22. The fourth-order valence-electron chi connectivity index (χ4n) is 3.17. The molecule has 2 aromatic rings. The van der Waals surface area contributed by atoms with E-state index in [0.29, 0.717) is 6.42 Å². The number of hydrogen-bond acceptors (Lipinski definition) is 2. The number of benzene rings is 2. The van der Waals surface area contributed by atoms with E-state index in [1.54, 1.807) is 0 Å². The molecule has 2 unspecified atom stereocenters. The summed E-state index contributed by atoms with van der Waals surface area (Å²) in [5.74, 6) is 0.683. The van der Waals surface area contributed by atoms with E-state index in [-0.39, 0.29) is 11.9 Å². The van der Waals surface area contributed by atoms with E-state index >= 15 is 0 Å². The molecule has 2 rings (SSSR count). The molecule has 3 heteroatoms. The number of aryl methyl sites for hydroxylation is 3. The molecule has 3 nitrogen and oxygen atoms in total. The van der Waals surface area contributed by atoms with Crippen LogP contribution in [-0.4, -0.2) is 12.0 Å². The van der Waals surface area contributed by atoms with Gasteiger partial charge in [-0.1, -0.05) is 56.7 Å². The number of nitrogens with one attached hydrogen (secondary N) is 1. The first-order valence-electron chi connectivity index (χ1n) is 9.61. The maximum absolute atomic E-state index is 12.8. The van der Waals surface area contributed by atoms with Gasteiger partial charge in [0.1, 0.15) is 5.75 Å². The maximum Gasteiger partial charge on any atom is 0.261 e. The van der Waals surface area contributed by atoms with Crippen LogP contribution < -0.4 is 10.1 Å². The minimum Gasteiger partial charge on any atom is -0.481 e. The lowest BCUT2D eigenvalue weighted by atomic mass is 9.97. The molecule has 140 valence electrons. The van der Waals surface area contributed by atoms with Gasteiger partial charge in [0.05, 0.1) is 6.04 Å². The predicted octanol–water partition coefficient (Wildman–Crippen LogP) is 5.29. The SMILES string of the molecule is CCc1ccc(OC(CC)C(=O)NC(CC)c2ccc(C)cc2C)cc1. The number of hydrogen-bond donors (Lipinski definition) is 1. The predicted molar refractivity (Wildman–Crippen MR) is 108 cm³/mol. The fraction of sp³-hybridized carbons (Fsp3) is 0.435. The van der Waals surface area contributed by atoms with E-state index in [2.05, 4.69) is 51.2 Å². The van der Waals surface area contributed by atoms with E-state index in [4.69, 9.17) is 4.74 Å². The highest BCUT2D eigenvalue weighted by molar-refractivity contribution is 5.81. The van der Waals surface area contributed by atoms with Gasteiger partial charge >= 0.3 is 0 Å². The van der Waals surface area contributed by atoms with Crippen molar-refractivity contribution < 1.29 is 9.53 Å². The number of amides is 1. The van der Waals surface area contributed by atoms with E-state index in [0.717, 1.165) is 18.6 Å². The van der Waals surface area contributed by atoms with Crippen molar-refractivity contribution in [2.75, 3.05) is 0 Å². The Bertz CT molecular complexity index is 721. The van der Waals surface area contributed by atoms with E-state index in [1.165, 1.54) is 22.3 Å². The molecule has 1 amide bonds. The summed E-state index contributed by atoms with van der Waals surface area (Å²) in [5.41, 5.74) is 4.88. The standard InChI is InChI=1S/C23H31NO2/c1-6-18-10-12-19(13-11-18)26-22(8-3)23(25)24-21(7-2)20-14-9-16(4)15-17(20)5/h9-15,21-22H,6-8H2,1-5H3,(H,24,25). The van der Waals surface area contributed by atoms with Gasteiger partial charge < -0.3 is 10.1 Å². The van der Waals surface area contributed by atoms with Crippen LogP contribution in [0.1, 0.15) is 61.9 Å². The minimum atomic E-state index is -0.484. The van der Waals surface area contributed by atoms with Gasteiger partial charge in [0.15, 0.2) is 6.10 Å². The molecule has 0 saturated heterocycles. The molecular formula is C23H31NO2. The first-order chi connectivity index (χ1) is 12.5. The summed E-state index contributed by atoms with van der Waals surface area (Å²) in [4.78, 5) is 12.8. The van der Waals surface area contributed by atoms with Crippen molar-refractivity contribution in [3.8, 4) is 5.75 Å². The molecule has 1 N–H and O–H groups in total. The van der Waals surface area contributed by atoms with Crippen LogP contribution in [0.2, 0.25) is 0 Å². The summed E-state index contributed by atoms with van der Waals surface area (Å²) in [7, 11) is 0. The van der Waals surface area contributed by atoms with Gasteiger partial charge in [0.2, 0.25) is 0 Å². The zero-order valence-corrected chi connectivity index (χ0v) is 16.6. The van der Waals surface area contributed by atoms with Crippen LogP contribution >= 0.6 is 0 Å². The molecule has 2 aromatic carbocycles. The topological polar surface area (TPSA) is 38.3 Å². The van der Waals surface area contributed by atoms with Crippen molar-refractivity contribution in [1.29, 1.82) is 0 Å². The Morgan fingerprint density at radius 2 is 1.69 bits per heavy atom. The minimum absolute atomic E-state index is 0.00298. The lowest BCUT2D eigenvalue weighted by Gasteiger charge is -2.24. The smallest absolute Gasteiger partial charge is 0.261 e. The summed E-state index contributed by atoms with van der Waals surface area (Å²) in [6.45, 7) is 10.4. The lowest BCUT2D eigenvalue weighted by Crippen LogP contribution is -2.40. The maximum atomic E-state index is 12.8. The highest BCUT2D eigenvalue weighted by Gasteiger charge is 2.22. The summed E-state index contributed by atoms with van der Waals surface area (Å²) >= 11 is 0. The van der Waals surface area contributed by atoms with Crippen LogP contribution in [0, 0.1) is 13.8 Å². The normalized spacial score (nSPS) is 13.1. The first-order valence-corrected chi connectivity index (χ1v) is 9.61. The summed E-state index contributed by atoms with van der Waals surface area (Å²) in [6.07, 6.45) is 1.98. The average Bonchev–Trinajstić information content (AvgIpc) is 2.65. The monoisotopic (exact) mass is 353 g/mol. The Morgan fingerprint density at radius 1 is 1.00 bits per heavy atom. The molecule has 0 fully saturated rings. The van der Waals surface area contributed by atoms with E-state index in [9.17, 15) is 4.79 Å². The average molecular weight is 354 g/mol. The molecule has 26 heavy (non-hydrogen) atoms. The number of ether oxygens (including phenoxy) is 1. The second-order valence-electron chi connectivity index (χ2n) is 6.84. The zero-order chi connectivity index (χ0) is 19.1. The number of carbonyl (C=O) groups excluding carboxylic acids is 1.